The molecule has 0 unspecified atom stereocenters. The third kappa shape index (κ3) is 3.10. The van der Waals surface area contributed by atoms with Gasteiger partial charge in [0.05, 0.1) is 11.6 Å². The van der Waals surface area contributed by atoms with E-state index in [1.807, 2.05) is 21.9 Å². The molecule has 2 saturated heterocycles. The fourth-order valence-electron chi connectivity index (χ4n) is 4.46. The van der Waals surface area contributed by atoms with Crippen molar-refractivity contribution in [3.63, 3.8) is 0 Å². The van der Waals surface area contributed by atoms with Gasteiger partial charge >= 0.3 is 6.03 Å². The number of urea groups is 1. The SMILES string of the molecule is Cc1ccccc1[C@H]1[C@@H]2CN(C(=O)c3cscn3)C[C@@H]2CN1C(=O)N(C)C. The van der Waals surface area contributed by atoms with Crippen molar-refractivity contribution in [1.82, 2.24) is 19.7 Å². The van der Waals surface area contributed by atoms with E-state index >= 15 is 0 Å². The second-order valence-electron chi connectivity index (χ2n) is 7.64. The third-order valence-corrected chi connectivity index (χ3v) is 6.32. The van der Waals surface area contributed by atoms with E-state index in [9.17, 15) is 9.59 Å². The summed E-state index contributed by atoms with van der Waals surface area (Å²) in [4.78, 5) is 35.3. The average Bonchev–Trinajstić information content (AvgIpc) is 3.37. The lowest BCUT2D eigenvalue weighted by Crippen LogP contribution is -2.42. The summed E-state index contributed by atoms with van der Waals surface area (Å²) < 4.78 is 0. The number of hydrogen-bond acceptors (Lipinski definition) is 4. The van der Waals surface area contributed by atoms with E-state index in [1.165, 1.54) is 22.5 Å². The van der Waals surface area contributed by atoms with Crippen molar-refractivity contribution < 1.29 is 9.59 Å². The van der Waals surface area contributed by atoms with E-state index in [-0.39, 0.29) is 23.9 Å². The van der Waals surface area contributed by atoms with Crippen LogP contribution in [-0.2, 0) is 0 Å². The summed E-state index contributed by atoms with van der Waals surface area (Å²) in [6.45, 7) is 4.12. The van der Waals surface area contributed by atoms with Gasteiger partial charge in [-0.2, -0.15) is 0 Å². The largest absolute Gasteiger partial charge is 0.337 e. The molecule has 3 atom stereocenters. The number of likely N-dealkylation sites (tertiary alicyclic amines) is 2. The maximum atomic E-state index is 12.8. The van der Waals surface area contributed by atoms with Gasteiger partial charge in [0.25, 0.3) is 5.91 Å². The highest BCUT2D eigenvalue weighted by atomic mass is 32.1. The quantitative estimate of drug-likeness (QED) is 0.800. The van der Waals surface area contributed by atoms with Crippen molar-refractivity contribution in [3.05, 3.63) is 52.0 Å². The van der Waals surface area contributed by atoms with Gasteiger partial charge in [-0.3, -0.25) is 4.79 Å². The maximum Gasteiger partial charge on any atom is 0.320 e. The van der Waals surface area contributed by atoms with Gasteiger partial charge in [-0.1, -0.05) is 24.3 Å². The Morgan fingerprint density at radius 2 is 1.96 bits per heavy atom. The minimum atomic E-state index is -0.000617. The predicted molar refractivity (Wildman–Crippen MR) is 105 cm³/mol. The normalized spacial score (nSPS) is 24.2. The van der Waals surface area contributed by atoms with Crippen LogP contribution in [0.25, 0.3) is 0 Å². The van der Waals surface area contributed by atoms with Crippen LogP contribution in [0.4, 0.5) is 4.79 Å². The minimum absolute atomic E-state index is 0.000306. The van der Waals surface area contributed by atoms with E-state index in [2.05, 4.69) is 24.0 Å². The molecule has 0 saturated carbocycles. The van der Waals surface area contributed by atoms with Gasteiger partial charge in [0, 0.05) is 50.9 Å². The van der Waals surface area contributed by atoms with Gasteiger partial charge in [0.1, 0.15) is 5.69 Å². The first-order valence-corrected chi connectivity index (χ1v) is 10.1. The zero-order valence-corrected chi connectivity index (χ0v) is 16.6. The number of aryl methyl sites for hydroxylation is 1. The molecule has 0 radical (unpaired) electrons. The smallest absolute Gasteiger partial charge is 0.320 e. The van der Waals surface area contributed by atoms with Crippen LogP contribution in [0.1, 0.15) is 27.7 Å². The molecule has 0 spiro atoms. The van der Waals surface area contributed by atoms with Gasteiger partial charge in [-0.25, -0.2) is 9.78 Å². The second kappa shape index (κ2) is 6.96. The number of hydrogen-bond donors (Lipinski definition) is 0. The molecule has 6 nitrogen and oxygen atoms in total. The summed E-state index contributed by atoms with van der Waals surface area (Å²) in [5.41, 5.74) is 4.58. The summed E-state index contributed by atoms with van der Waals surface area (Å²) in [7, 11) is 3.59. The Morgan fingerprint density at radius 1 is 1.19 bits per heavy atom. The zero-order chi connectivity index (χ0) is 19.1. The van der Waals surface area contributed by atoms with Crippen LogP contribution in [0.3, 0.4) is 0 Å². The number of fused-ring (bicyclic) bond motifs is 1. The molecule has 142 valence electrons. The van der Waals surface area contributed by atoms with Gasteiger partial charge < -0.3 is 14.7 Å². The van der Waals surface area contributed by atoms with Crippen LogP contribution in [0.15, 0.2) is 35.2 Å². The van der Waals surface area contributed by atoms with Crippen molar-refractivity contribution in [2.75, 3.05) is 33.7 Å². The Hall–Kier alpha value is -2.41. The number of benzene rings is 1. The summed E-state index contributed by atoms with van der Waals surface area (Å²) in [6, 6.07) is 8.29. The van der Waals surface area contributed by atoms with Crippen LogP contribution in [-0.4, -0.2) is 65.4 Å². The molecule has 3 heterocycles. The molecule has 1 aromatic heterocycles. The van der Waals surface area contributed by atoms with Gasteiger partial charge in [0.15, 0.2) is 0 Å². The molecule has 2 fully saturated rings. The van der Waals surface area contributed by atoms with E-state index in [0.717, 1.165) is 0 Å². The van der Waals surface area contributed by atoms with Crippen molar-refractivity contribution in [3.8, 4) is 0 Å². The fraction of sp³-hybridized carbons (Fsp3) is 0.450. The molecular formula is C20H24N4O2S. The number of amides is 3. The number of carbonyl (C=O) groups excluding carboxylic acids is 2. The number of nitrogens with zero attached hydrogens (tertiary/aromatic N) is 4. The molecule has 2 aliphatic heterocycles. The molecule has 7 heteroatoms. The Morgan fingerprint density at radius 3 is 2.63 bits per heavy atom. The summed E-state index contributed by atoms with van der Waals surface area (Å²) in [5, 5.41) is 1.80. The van der Waals surface area contributed by atoms with E-state index in [1.54, 1.807) is 29.9 Å². The molecule has 0 bridgehead atoms. The molecule has 2 aromatic rings. The van der Waals surface area contributed by atoms with E-state index < -0.39 is 0 Å². The molecule has 0 N–H and O–H groups in total. The van der Waals surface area contributed by atoms with Crippen molar-refractivity contribution >= 4 is 23.3 Å². The monoisotopic (exact) mass is 384 g/mol. The summed E-state index contributed by atoms with van der Waals surface area (Å²) >= 11 is 1.44. The standard InChI is InChI=1S/C20H24N4O2S/c1-13-6-4-5-7-15(13)18-16-10-23(19(25)17-11-27-12-21-17)8-14(16)9-24(18)20(26)22(2)3/h4-7,11-12,14,16,18H,8-10H2,1-3H3/t14-,16-,18+/m1/s1. The lowest BCUT2D eigenvalue weighted by atomic mass is 9.88. The van der Waals surface area contributed by atoms with Crippen LogP contribution < -0.4 is 0 Å². The highest BCUT2D eigenvalue weighted by molar-refractivity contribution is 7.07. The van der Waals surface area contributed by atoms with Gasteiger partial charge in [0.2, 0.25) is 0 Å². The Kier molecular flexibility index (Phi) is 4.63. The predicted octanol–water partition coefficient (Wildman–Crippen LogP) is 2.88. The molecule has 1 aromatic carbocycles. The third-order valence-electron chi connectivity index (χ3n) is 5.74. The highest BCUT2D eigenvalue weighted by Gasteiger charge is 2.50. The van der Waals surface area contributed by atoms with Crippen LogP contribution >= 0.6 is 11.3 Å². The van der Waals surface area contributed by atoms with Gasteiger partial charge in [-0.15, -0.1) is 11.3 Å². The van der Waals surface area contributed by atoms with Crippen molar-refractivity contribution in [2.24, 2.45) is 11.8 Å². The lowest BCUT2D eigenvalue weighted by Gasteiger charge is -2.32. The molecule has 4 rings (SSSR count). The number of thiazole rings is 1. The van der Waals surface area contributed by atoms with E-state index in [0.29, 0.717) is 31.2 Å². The van der Waals surface area contributed by atoms with Crippen LogP contribution in [0.5, 0.6) is 0 Å². The fourth-order valence-corrected chi connectivity index (χ4v) is 4.99. The van der Waals surface area contributed by atoms with Crippen molar-refractivity contribution in [1.29, 1.82) is 0 Å². The Labute approximate surface area is 163 Å². The van der Waals surface area contributed by atoms with Crippen LogP contribution in [0, 0.1) is 18.8 Å². The first-order valence-electron chi connectivity index (χ1n) is 9.18. The molecule has 2 aliphatic rings. The summed E-state index contributed by atoms with van der Waals surface area (Å²) in [6.07, 6.45) is 0. The topological polar surface area (TPSA) is 56.8 Å². The molecular weight excluding hydrogens is 360 g/mol. The van der Waals surface area contributed by atoms with E-state index in [4.69, 9.17) is 0 Å². The molecule has 27 heavy (non-hydrogen) atoms. The second-order valence-corrected chi connectivity index (χ2v) is 8.36. The summed E-state index contributed by atoms with van der Waals surface area (Å²) in [5.74, 6) is 0.540. The minimum Gasteiger partial charge on any atom is -0.337 e. The Bertz CT molecular complexity index is 851. The maximum absolute atomic E-state index is 12.8. The first kappa shape index (κ1) is 18.0. The van der Waals surface area contributed by atoms with Crippen LogP contribution in [0.2, 0.25) is 0 Å². The highest BCUT2D eigenvalue weighted by Crippen LogP contribution is 2.46. The first-order chi connectivity index (χ1) is 13.0. The lowest BCUT2D eigenvalue weighted by molar-refractivity contribution is 0.0761. The number of carbonyl (C=O) groups is 2. The van der Waals surface area contributed by atoms with Gasteiger partial charge in [-0.05, 0) is 18.1 Å². The molecule has 3 amide bonds. The molecule has 0 aliphatic carbocycles. The number of rotatable bonds is 2. The Balaban J connectivity index is 1.64. The number of aromatic nitrogens is 1. The van der Waals surface area contributed by atoms with Crippen molar-refractivity contribution in [2.45, 2.75) is 13.0 Å². The average molecular weight is 385 g/mol. The zero-order valence-electron chi connectivity index (χ0n) is 15.8.